The molecule has 5 nitrogen and oxygen atoms in total. The van der Waals surface area contributed by atoms with Crippen LogP contribution in [0.2, 0.25) is 0 Å². The van der Waals surface area contributed by atoms with Gasteiger partial charge >= 0.3 is 0 Å². The molecule has 1 aliphatic rings. The Morgan fingerprint density at radius 3 is 2.45 bits per heavy atom. The van der Waals surface area contributed by atoms with Crippen LogP contribution < -0.4 is 19.7 Å². The number of methoxy groups -OCH3 is 2. The van der Waals surface area contributed by atoms with E-state index in [0.29, 0.717) is 23.6 Å². The zero-order chi connectivity index (χ0) is 21.6. The lowest BCUT2D eigenvalue weighted by molar-refractivity contribution is 0.0951. The SMILES string of the molecule is COc1ccc(CNC(=O)c2ccc(CN3CCCc4ccccc43)cc2)cc1OC. The lowest BCUT2D eigenvalue weighted by atomic mass is 10.0. The Morgan fingerprint density at radius 2 is 1.68 bits per heavy atom. The van der Waals surface area contributed by atoms with E-state index in [1.54, 1.807) is 14.2 Å². The number of rotatable bonds is 7. The fraction of sp³-hybridized carbons (Fsp3) is 0.269. The van der Waals surface area contributed by atoms with Crippen LogP contribution in [0.3, 0.4) is 0 Å². The first-order valence-corrected chi connectivity index (χ1v) is 10.6. The van der Waals surface area contributed by atoms with Gasteiger partial charge in [0.1, 0.15) is 0 Å². The molecule has 0 radical (unpaired) electrons. The highest BCUT2D eigenvalue weighted by atomic mass is 16.5. The summed E-state index contributed by atoms with van der Waals surface area (Å²) in [5, 5.41) is 2.97. The van der Waals surface area contributed by atoms with Crippen molar-refractivity contribution < 1.29 is 14.3 Å². The number of carbonyl (C=O) groups is 1. The summed E-state index contributed by atoms with van der Waals surface area (Å²) in [6, 6.07) is 22.1. The van der Waals surface area contributed by atoms with Crippen LogP contribution in [-0.2, 0) is 19.5 Å². The number of nitrogens with zero attached hydrogens (tertiary/aromatic N) is 1. The summed E-state index contributed by atoms with van der Waals surface area (Å²) in [4.78, 5) is 15.0. The average Bonchev–Trinajstić information content (AvgIpc) is 2.83. The van der Waals surface area contributed by atoms with Gasteiger partial charge in [-0.3, -0.25) is 4.79 Å². The minimum absolute atomic E-state index is 0.0929. The molecule has 0 fully saturated rings. The molecule has 31 heavy (non-hydrogen) atoms. The van der Waals surface area contributed by atoms with Crippen LogP contribution in [0.1, 0.15) is 33.5 Å². The van der Waals surface area contributed by atoms with Gasteiger partial charge in [-0.25, -0.2) is 0 Å². The molecule has 0 spiro atoms. The first kappa shape index (κ1) is 20.8. The molecule has 3 aromatic rings. The van der Waals surface area contributed by atoms with Gasteiger partial charge in [0.25, 0.3) is 5.91 Å². The summed E-state index contributed by atoms with van der Waals surface area (Å²) in [5.74, 6) is 1.23. The number of para-hydroxylation sites is 1. The molecule has 1 aliphatic heterocycles. The predicted octanol–water partition coefficient (Wildman–Crippen LogP) is 4.59. The third-order valence-electron chi connectivity index (χ3n) is 5.70. The molecule has 0 unspecified atom stereocenters. The Balaban J connectivity index is 1.37. The van der Waals surface area contributed by atoms with Crippen molar-refractivity contribution in [1.82, 2.24) is 5.32 Å². The van der Waals surface area contributed by atoms with Gasteiger partial charge in [-0.15, -0.1) is 0 Å². The highest BCUT2D eigenvalue weighted by molar-refractivity contribution is 5.94. The molecule has 1 N–H and O–H groups in total. The van der Waals surface area contributed by atoms with Gasteiger partial charge in [0, 0.05) is 30.9 Å². The zero-order valence-corrected chi connectivity index (χ0v) is 18.1. The number of hydrogen-bond acceptors (Lipinski definition) is 4. The van der Waals surface area contributed by atoms with Crippen LogP contribution in [0.25, 0.3) is 0 Å². The van der Waals surface area contributed by atoms with E-state index in [2.05, 4.69) is 34.5 Å². The fourth-order valence-corrected chi connectivity index (χ4v) is 4.03. The number of aryl methyl sites for hydroxylation is 1. The Morgan fingerprint density at radius 1 is 0.935 bits per heavy atom. The molecule has 4 rings (SSSR count). The lowest BCUT2D eigenvalue weighted by Gasteiger charge is -2.31. The van der Waals surface area contributed by atoms with Crippen molar-refractivity contribution in [1.29, 1.82) is 0 Å². The van der Waals surface area contributed by atoms with E-state index in [9.17, 15) is 4.79 Å². The van der Waals surface area contributed by atoms with E-state index in [1.165, 1.54) is 23.2 Å². The van der Waals surface area contributed by atoms with Crippen molar-refractivity contribution in [3.63, 3.8) is 0 Å². The Kier molecular flexibility index (Phi) is 6.41. The van der Waals surface area contributed by atoms with E-state index in [-0.39, 0.29) is 5.91 Å². The molecule has 0 saturated heterocycles. The highest BCUT2D eigenvalue weighted by Crippen LogP contribution is 2.29. The number of ether oxygens (including phenoxy) is 2. The second kappa shape index (κ2) is 9.56. The van der Waals surface area contributed by atoms with Crippen LogP contribution in [0.4, 0.5) is 5.69 Å². The molecule has 3 aromatic carbocycles. The Labute approximate surface area is 183 Å². The molecule has 0 aromatic heterocycles. The smallest absolute Gasteiger partial charge is 0.251 e. The maximum absolute atomic E-state index is 12.6. The first-order chi connectivity index (χ1) is 15.2. The number of amides is 1. The van der Waals surface area contributed by atoms with Gasteiger partial charge in [0.2, 0.25) is 0 Å². The van der Waals surface area contributed by atoms with Gasteiger partial charge < -0.3 is 19.7 Å². The Bertz CT molecular complexity index is 1050. The van der Waals surface area contributed by atoms with Crippen molar-refractivity contribution in [2.45, 2.75) is 25.9 Å². The van der Waals surface area contributed by atoms with Crippen LogP contribution >= 0.6 is 0 Å². The number of benzene rings is 3. The minimum atomic E-state index is -0.0929. The monoisotopic (exact) mass is 416 g/mol. The van der Waals surface area contributed by atoms with Crippen molar-refractivity contribution >= 4 is 11.6 Å². The number of fused-ring (bicyclic) bond motifs is 1. The molecule has 0 atom stereocenters. The van der Waals surface area contributed by atoms with Crippen molar-refractivity contribution in [2.75, 3.05) is 25.7 Å². The molecule has 160 valence electrons. The third kappa shape index (κ3) is 4.82. The number of nitrogens with one attached hydrogen (secondary N) is 1. The average molecular weight is 417 g/mol. The summed E-state index contributed by atoms with van der Waals surface area (Å²) < 4.78 is 10.6. The largest absolute Gasteiger partial charge is 0.493 e. The zero-order valence-electron chi connectivity index (χ0n) is 18.1. The lowest BCUT2D eigenvalue weighted by Crippen LogP contribution is -2.28. The highest BCUT2D eigenvalue weighted by Gasteiger charge is 2.16. The summed E-state index contributed by atoms with van der Waals surface area (Å²) >= 11 is 0. The second-order valence-corrected chi connectivity index (χ2v) is 7.72. The predicted molar refractivity (Wildman–Crippen MR) is 123 cm³/mol. The molecule has 1 amide bonds. The molecular formula is C26H28N2O3. The van der Waals surface area contributed by atoms with E-state index < -0.39 is 0 Å². The third-order valence-corrected chi connectivity index (χ3v) is 5.70. The van der Waals surface area contributed by atoms with E-state index >= 15 is 0 Å². The van der Waals surface area contributed by atoms with Gasteiger partial charge in [-0.1, -0.05) is 36.4 Å². The maximum atomic E-state index is 12.6. The first-order valence-electron chi connectivity index (χ1n) is 10.6. The maximum Gasteiger partial charge on any atom is 0.251 e. The molecular weight excluding hydrogens is 388 g/mol. The summed E-state index contributed by atoms with van der Waals surface area (Å²) in [6.45, 7) is 2.33. The van der Waals surface area contributed by atoms with E-state index in [4.69, 9.17) is 9.47 Å². The quantitative estimate of drug-likeness (QED) is 0.612. The van der Waals surface area contributed by atoms with E-state index in [1.807, 2.05) is 42.5 Å². The number of anilines is 1. The van der Waals surface area contributed by atoms with Crippen molar-refractivity contribution in [3.8, 4) is 11.5 Å². The second-order valence-electron chi connectivity index (χ2n) is 7.72. The van der Waals surface area contributed by atoms with Crippen LogP contribution in [0.5, 0.6) is 11.5 Å². The minimum Gasteiger partial charge on any atom is -0.493 e. The van der Waals surface area contributed by atoms with Gasteiger partial charge in [0.15, 0.2) is 11.5 Å². The summed E-state index contributed by atoms with van der Waals surface area (Å²) in [5.41, 5.74) is 5.55. The standard InChI is InChI=1S/C26H28N2O3/c1-30-24-14-11-20(16-25(24)31-2)17-27-26(29)22-12-9-19(10-13-22)18-28-15-5-7-21-6-3-4-8-23(21)28/h3-4,6,8-14,16H,5,7,15,17-18H2,1-2H3,(H,27,29). The van der Waals surface area contributed by atoms with E-state index in [0.717, 1.165) is 25.1 Å². The summed E-state index contributed by atoms with van der Waals surface area (Å²) in [7, 11) is 3.21. The van der Waals surface area contributed by atoms with Crippen molar-refractivity contribution in [3.05, 3.63) is 89.0 Å². The molecule has 5 heteroatoms. The van der Waals surface area contributed by atoms with Crippen LogP contribution in [-0.4, -0.2) is 26.7 Å². The van der Waals surface area contributed by atoms with Gasteiger partial charge in [0.05, 0.1) is 14.2 Å². The van der Waals surface area contributed by atoms with Crippen LogP contribution in [0, 0.1) is 0 Å². The normalized spacial score (nSPS) is 12.8. The van der Waals surface area contributed by atoms with Gasteiger partial charge in [-0.05, 0) is 59.9 Å². The topological polar surface area (TPSA) is 50.8 Å². The molecule has 0 saturated carbocycles. The number of hydrogen-bond donors (Lipinski definition) is 1. The van der Waals surface area contributed by atoms with Gasteiger partial charge in [-0.2, -0.15) is 0 Å². The number of carbonyl (C=O) groups excluding carboxylic acids is 1. The Hall–Kier alpha value is -3.47. The fourth-order valence-electron chi connectivity index (χ4n) is 4.03. The van der Waals surface area contributed by atoms with Crippen molar-refractivity contribution in [2.24, 2.45) is 0 Å². The van der Waals surface area contributed by atoms with Crippen LogP contribution in [0.15, 0.2) is 66.7 Å². The molecule has 0 aliphatic carbocycles. The molecule has 0 bridgehead atoms. The molecule has 1 heterocycles. The summed E-state index contributed by atoms with van der Waals surface area (Å²) in [6.07, 6.45) is 2.32.